The first-order valence-electron chi connectivity index (χ1n) is 7.65. The molecule has 0 spiro atoms. The molecule has 0 saturated carbocycles. The number of furan rings is 1. The zero-order chi connectivity index (χ0) is 16.4. The van der Waals surface area contributed by atoms with E-state index in [1.807, 2.05) is 12.1 Å². The number of hydrogen-bond acceptors (Lipinski definition) is 4. The average molecular weight is 314 g/mol. The van der Waals surface area contributed by atoms with Crippen molar-refractivity contribution in [3.05, 3.63) is 58.5 Å². The molecule has 1 aliphatic carbocycles. The number of carbonyl (C=O) groups is 2. The molecule has 5 heteroatoms. The van der Waals surface area contributed by atoms with E-state index in [4.69, 9.17) is 9.15 Å². The molecule has 0 radical (unpaired) electrons. The summed E-state index contributed by atoms with van der Waals surface area (Å²) in [7, 11) is 0. The fourth-order valence-corrected chi connectivity index (χ4v) is 3.12. The number of aromatic carboxylic acids is 1. The average Bonchev–Trinajstić information content (AvgIpc) is 2.91. The van der Waals surface area contributed by atoms with E-state index in [0.29, 0.717) is 19.4 Å². The van der Waals surface area contributed by atoms with Gasteiger partial charge in [0.15, 0.2) is 0 Å². The van der Waals surface area contributed by atoms with Crippen LogP contribution in [0.3, 0.4) is 0 Å². The number of esters is 1. The molecule has 5 nitrogen and oxygen atoms in total. The Morgan fingerprint density at radius 2 is 2.09 bits per heavy atom. The van der Waals surface area contributed by atoms with Crippen LogP contribution < -0.4 is 0 Å². The van der Waals surface area contributed by atoms with E-state index < -0.39 is 5.97 Å². The topological polar surface area (TPSA) is 76.7 Å². The molecule has 1 aliphatic rings. The van der Waals surface area contributed by atoms with Crippen molar-refractivity contribution < 1.29 is 23.8 Å². The second kappa shape index (κ2) is 6.28. The number of fused-ring (bicyclic) bond motifs is 2. The van der Waals surface area contributed by atoms with Crippen LogP contribution in [0, 0.1) is 0 Å². The Bertz CT molecular complexity index is 744. The van der Waals surface area contributed by atoms with Crippen molar-refractivity contribution >= 4 is 11.9 Å². The zero-order valence-corrected chi connectivity index (χ0v) is 12.9. The molecule has 23 heavy (non-hydrogen) atoms. The summed E-state index contributed by atoms with van der Waals surface area (Å²) >= 11 is 0. The quantitative estimate of drug-likeness (QED) is 0.877. The molecule has 1 unspecified atom stereocenters. The lowest BCUT2D eigenvalue weighted by Gasteiger charge is -2.14. The summed E-state index contributed by atoms with van der Waals surface area (Å²) < 4.78 is 10.7. The van der Waals surface area contributed by atoms with Crippen molar-refractivity contribution in [1.82, 2.24) is 0 Å². The van der Waals surface area contributed by atoms with Gasteiger partial charge in [-0.1, -0.05) is 6.07 Å². The zero-order valence-electron chi connectivity index (χ0n) is 12.9. The normalized spacial score (nSPS) is 16.1. The van der Waals surface area contributed by atoms with Crippen LogP contribution in [-0.2, 0) is 22.4 Å². The molecule has 0 aliphatic heterocycles. The van der Waals surface area contributed by atoms with E-state index >= 15 is 0 Å². The van der Waals surface area contributed by atoms with Gasteiger partial charge >= 0.3 is 11.9 Å². The fourth-order valence-electron chi connectivity index (χ4n) is 3.12. The lowest BCUT2D eigenvalue weighted by Crippen LogP contribution is -2.12. The second-order valence-electron chi connectivity index (χ2n) is 5.69. The molecule has 0 saturated heterocycles. The SMILES string of the molecule is CCOC(=O)CC1Cc2cc(C(=O)O)ccc2Cc2ccoc21. The second-order valence-corrected chi connectivity index (χ2v) is 5.69. The number of carboxylic acid groups (broad SMARTS) is 1. The van der Waals surface area contributed by atoms with Crippen LogP contribution in [0.1, 0.15) is 52.1 Å². The summed E-state index contributed by atoms with van der Waals surface area (Å²) in [6.07, 6.45) is 3.11. The van der Waals surface area contributed by atoms with Crippen LogP contribution in [0.15, 0.2) is 34.9 Å². The minimum atomic E-state index is -0.948. The summed E-state index contributed by atoms with van der Waals surface area (Å²) in [5, 5.41) is 9.18. The predicted octanol–water partition coefficient (Wildman–Crippen LogP) is 3.16. The van der Waals surface area contributed by atoms with Gasteiger partial charge in [0.1, 0.15) is 5.76 Å². The molecule has 0 fully saturated rings. The third-order valence-corrected chi connectivity index (χ3v) is 4.17. The van der Waals surface area contributed by atoms with Crippen LogP contribution >= 0.6 is 0 Å². The Kier molecular flexibility index (Phi) is 4.19. The number of rotatable bonds is 4. The molecule has 1 heterocycles. The number of carbonyl (C=O) groups excluding carboxylic acids is 1. The van der Waals surface area contributed by atoms with E-state index in [1.54, 1.807) is 25.3 Å². The van der Waals surface area contributed by atoms with Crippen LogP contribution in [0.25, 0.3) is 0 Å². The van der Waals surface area contributed by atoms with Crippen molar-refractivity contribution in [1.29, 1.82) is 0 Å². The number of carboxylic acids is 1. The van der Waals surface area contributed by atoms with Crippen LogP contribution in [0.4, 0.5) is 0 Å². The van der Waals surface area contributed by atoms with Crippen molar-refractivity contribution in [2.75, 3.05) is 6.61 Å². The van der Waals surface area contributed by atoms with Gasteiger partial charge in [0.05, 0.1) is 24.9 Å². The first-order chi connectivity index (χ1) is 11.1. The standard InChI is InChI=1S/C18H18O5/c1-2-22-16(19)10-15-9-14-8-13(18(20)21)4-3-11(14)7-12-5-6-23-17(12)15/h3-6,8,15H,2,7,9-10H2,1H3,(H,20,21). The molecule has 1 N–H and O–H groups in total. The van der Waals surface area contributed by atoms with Gasteiger partial charge in [-0.2, -0.15) is 0 Å². The maximum absolute atomic E-state index is 11.9. The first kappa shape index (κ1) is 15.3. The van der Waals surface area contributed by atoms with E-state index in [0.717, 1.165) is 22.5 Å². The lowest BCUT2D eigenvalue weighted by molar-refractivity contribution is -0.143. The van der Waals surface area contributed by atoms with Crippen molar-refractivity contribution in [3.63, 3.8) is 0 Å². The largest absolute Gasteiger partial charge is 0.478 e. The number of hydrogen-bond donors (Lipinski definition) is 1. The van der Waals surface area contributed by atoms with Crippen LogP contribution in [0.2, 0.25) is 0 Å². The number of benzene rings is 1. The van der Waals surface area contributed by atoms with Gasteiger partial charge in [-0.15, -0.1) is 0 Å². The fraction of sp³-hybridized carbons (Fsp3) is 0.333. The number of ether oxygens (including phenoxy) is 1. The highest BCUT2D eigenvalue weighted by atomic mass is 16.5. The summed E-state index contributed by atoms with van der Waals surface area (Å²) in [6, 6.07) is 7.07. The van der Waals surface area contributed by atoms with E-state index in [1.165, 1.54) is 0 Å². The van der Waals surface area contributed by atoms with E-state index in [2.05, 4.69) is 0 Å². The van der Waals surface area contributed by atoms with Crippen molar-refractivity contribution in [3.8, 4) is 0 Å². The third-order valence-electron chi connectivity index (χ3n) is 4.17. The Morgan fingerprint density at radius 1 is 1.26 bits per heavy atom. The van der Waals surface area contributed by atoms with Crippen LogP contribution in [0.5, 0.6) is 0 Å². The highest BCUT2D eigenvalue weighted by Crippen LogP contribution is 2.35. The maximum atomic E-state index is 11.9. The van der Waals surface area contributed by atoms with Gasteiger partial charge in [0.2, 0.25) is 0 Å². The Morgan fingerprint density at radius 3 is 2.83 bits per heavy atom. The Balaban J connectivity index is 1.96. The summed E-state index contributed by atoms with van der Waals surface area (Å²) in [5.74, 6) is -0.552. The van der Waals surface area contributed by atoms with Crippen molar-refractivity contribution in [2.24, 2.45) is 0 Å². The summed E-state index contributed by atoms with van der Waals surface area (Å²) in [6.45, 7) is 2.12. The minimum Gasteiger partial charge on any atom is -0.478 e. The molecule has 120 valence electrons. The Hall–Kier alpha value is -2.56. The van der Waals surface area contributed by atoms with Gasteiger partial charge in [-0.3, -0.25) is 4.79 Å². The Labute approximate surface area is 133 Å². The molecule has 1 aromatic heterocycles. The monoisotopic (exact) mass is 314 g/mol. The highest BCUT2D eigenvalue weighted by molar-refractivity contribution is 5.88. The smallest absolute Gasteiger partial charge is 0.335 e. The summed E-state index contributed by atoms with van der Waals surface area (Å²) in [4.78, 5) is 23.1. The molecular weight excluding hydrogens is 296 g/mol. The maximum Gasteiger partial charge on any atom is 0.335 e. The third kappa shape index (κ3) is 3.13. The molecule has 1 atom stereocenters. The molecule has 1 aromatic carbocycles. The van der Waals surface area contributed by atoms with Gasteiger partial charge in [-0.25, -0.2) is 4.79 Å². The first-order valence-corrected chi connectivity index (χ1v) is 7.65. The minimum absolute atomic E-state index is 0.135. The van der Waals surface area contributed by atoms with Gasteiger partial charge in [0, 0.05) is 12.3 Å². The van der Waals surface area contributed by atoms with Crippen molar-refractivity contribution in [2.45, 2.75) is 32.1 Å². The van der Waals surface area contributed by atoms with E-state index in [-0.39, 0.29) is 23.9 Å². The van der Waals surface area contributed by atoms with E-state index in [9.17, 15) is 14.7 Å². The van der Waals surface area contributed by atoms with Crippen LogP contribution in [-0.4, -0.2) is 23.7 Å². The molecular formula is C18H18O5. The lowest BCUT2D eigenvalue weighted by atomic mass is 9.93. The molecule has 0 amide bonds. The molecule has 3 rings (SSSR count). The highest BCUT2D eigenvalue weighted by Gasteiger charge is 2.27. The summed E-state index contributed by atoms with van der Waals surface area (Å²) in [5.41, 5.74) is 3.33. The van der Waals surface area contributed by atoms with Gasteiger partial charge in [-0.05, 0) is 48.2 Å². The predicted molar refractivity (Wildman–Crippen MR) is 82.6 cm³/mol. The van der Waals surface area contributed by atoms with Gasteiger partial charge < -0.3 is 14.3 Å². The molecule has 2 aromatic rings. The molecule has 0 bridgehead atoms. The van der Waals surface area contributed by atoms with Gasteiger partial charge in [0.25, 0.3) is 0 Å².